The van der Waals surface area contributed by atoms with E-state index >= 15 is 0 Å². The number of carbonyl (C=O) groups is 1. The summed E-state index contributed by atoms with van der Waals surface area (Å²) in [4.78, 5) is 12.5. The minimum Gasteiger partial charge on any atom is -0.506 e. The summed E-state index contributed by atoms with van der Waals surface area (Å²) in [6.07, 6.45) is 0. The number of amides is 1. The van der Waals surface area contributed by atoms with Crippen LogP contribution in [0, 0.1) is 0 Å². The molecular weight excluding hydrogens is 180 g/mol. The number of phenolic OH excluding ortho intramolecular Hbond substituents is 1. The van der Waals surface area contributed by atoms with E-state index in [-0.39, 0.29) is 11.7 Å². The van der Waals surface area contributed by atoms with E-state index in [1.165, 1.54) is 13.0 Å². The van der Waals surface area contributed by atoms with Gasteiger partial charge >= 0.3 is 0 Å². The van der Waals surface area contributed by atoms with Crippen LogP contribution in [0.15, 0.2) is 18.2 Å². The molecule has 1 aromatic carbocycles. The second kappa shape index (κ2) is 4.00. The second-order valence-electron chi connectivity index (χ2n) is 3.28. The fraction of sp³-hybridized carbons (Fsp3) is 0.300. The Morgan fingerprint density at radius 1 is 1.43 bits per heavy atom. The molecule has 0 unspecified atom stereocenters. The Hall–Kier alpha value is -1.71. The number of hydrogen-bond acceptors (Lipinski definition) is 3. The number of aromatic hydroxyl groups is 1. The molecule has 0 saturated heterocycles. The van der Waals surface area contributed by atoms with Crippen LogP contribution < -0.4 is 10.2 Å². The molecule has 1 aromatic rings. The molecule has 0 atom stereocenters. The van der Waals surface area contributed by atoms with Gasteiger partial charge in [-0.1, -0.05) is 0 Å². The highest BCUT2D eigenvalue weighted by atomic mass is 16.3. The van der Waals surface area contributed by atoms with Gasteiger partial charge in [-0.3, -0.25) is 4.79 Å². The lowest BCUT2D eigenvalue weighted by Gasteiger charge is -2.14. The first-order valence-corrected chi connectivity index (χ1v) is 4.28. The monoisotopic (exact) mass is 194 g/mol. The minimum atomic E-state index is -0.151. The SMILES string of the molecule is CC(=O)Nc1ccc(N(C)C)c(O)c1. The van der Waals surface area contributed by atoms with Crippen LogP contribution >= 0.6 is 0 Å². The van der Waals surface area contributed by atoms with Crippen LogP contribution in [0.1, 0.15) is 6.92 Å². The van der Waals surface area contributed by atoms with Crippen molar-refractivity contribution in [2.24, 2.45) is 0 Å². The van der Waals surface area contributed by atoms with Gasteiger partial charge in [0, 0.05) is 32.8 Å². The van der Waals surface area contributed by atoms with Gasteiger partial charge in [-0.2, -0.15) is 0 Å². The van der Waals surface area contributed by atoms with Crippen molar-refractivity contribution in [2.75, 3.05) is 24.3 Å². The number of phenols is 1. The highest BCUT2D eigenvalue weighted by Crippen LogP contribution is 2.28. The summed E-state index contributed by atoms with van der Waals surface area (Å²) in [5, 5.41) is 12.2. The molecule has 14 heavy (non-hydrogen) atoms. The first-order valence-electron chi connectivity index (χ1n) is 4.28. The van der Waals surface area contributed by atoms with Crippen molar-refractivity contribution in [1.82, 2.24) is 0 Å². The average molecular weight is 194 g/mol. The normalized spacial score (nSPS) is 9.64. The number of nitrogens with one attached hydrogen (secondary N) is 1. The molecule has 0 spiro atoms. The highest BCUT2D eigenvalue weighted by molar-refractivity contribution is 5.89. The van der Waals surface area contributed by atoms with Gasteiger partial charge in [0.2, 0.25) is 5.91 Å². The number of rotatable bonds is 2. The molecule has 0 saturated carbocycles. The number of nitrogens with zero attached hydrogens (tertiary/aromatic N) is 1. The molecule has 1 rings (SSSR count). The summed E-state index contributed by atoms with van der Waals surface area (Å²) < 4.78 is 0. The van der Waals surface area contributed by atoms with E-state index < -0.39 is 0 Å². The van der Waals surface area contributed by atoms with Crippen LogP contribution in [0.5, 0.6) is 5.75 Å². The van der Waals surface area contributed by atoms with Gasteiger partial charge in [-0.25, -0.2) is 0 Å². The second-order valence-corrected chi connectivity index (χ2v) is 3.28. The molecule has 0 bridgehead atoms. The number of carbonyl (C=O) groups excluding carboxylic acids is 1. The summed E-state index contributed by atoms with van der Waals surface area (Å²) in [5.41, 5.74) is 1.32. The molecular formula is C10H14N2O2. The van der Waals surface area contributed by atoms with Gasteiger partial charge in [0.25, 0.3) is 0 Å². The Morgan fingerprint density at radius 3 is 2.50 bits per heavy atom. The van der Waals surface area contributed by atoms with Gasteiger partial charge in [0.15, 0.2) is 0 Å². The maximum absolute atomic E-state index is 10.7. The minimum absolute atomic E-state index is 0.151. The number of anilines is 2. The predicted molar refractivity (Wildman–Crippen MR) is 56.7 cm³/mol. The third-order valence-electron chi connectivity index (χ3n) is 1.78. The molecule has 2 N–H and O–H groups in total. The zero-order chi connectivity index (χ0) is 10.7. The maximum Gasteiger partial charge on any atom is 0.221 e. The molecule has 0 aliphatic heterocycles. The largest absolute Gasteiger partial charge is 0.506 e. The van der Waals surface area contributed by atoms with Gasteiger partial charge < -0.3 is 15.3 Å². The van der Waals surface area contributed by atoms with E-state index in [9.17, 15) is 9.90 Å². The number of benzene rings is 1. The molecule has 4 nitrogen and oxygen atoms in total. The Kier molecular flexibility index (Phi) is 2.96. The summed E-state index contributed by atoms with van der Waals surface area (Å²) in [5.74, 6) is 0.00301. The molecule has 4 heteroatoms. The lowest BCUT2D eigenvalue weighted by atomic mass is 10.2. The van der Waals surface area contributed by atoms with Gasteiger partial charge in [0.05, 0.1) is 5.69 Å². The van der Waals surface area contributed by atoms with Crippen molar-refractivity contribution in [2.45, 2.75) is 6.92 Å². The molecule has 0 aliphatic carbocycles. The van der Waals surface area contributed by atoms with Crippen LogP contribution in [0.3, 0.4) is 0 Å². The van der Waals surface area contributed by atoms with Crippen LogP contribution in [0.2, 0.25) is 0 Å². The van der Waals surface area contributed by atoms with Crippen LogP contribution in [0.4, 0.5) is 11.4 Å². The van der Waals surface area contributed by atoms with Gasteiger partial charge in [0.1, 0.15) is 5.75 Å². The van der Waals surface area contributed by atoms with E-state index in [0.29, 0.717) is 5.69 Å². The van der Waals surface area contributed by atoms with E-state index in [1.54, 1.807) is 17.0 Å². The zero-order valence-corrected chi connectivity index (χ0v) is 8.53. The molecule has 0 aromatic heterocycles. The van der Waals surface area contributed by atoms with E-state index in [0.717, 1.165) is 5.69 Å². The van der Waals surface area contributed by atoms with Crippen molar-refractivity contribution in [1.29, 1.82) is 0 Å². The third kappa shape index (κ3) is 2.39. The van der Waals surface area contributed by atoms with Crippen molar-refractivity contribution >= 4 is 17.3 Å². The Labute approximate surface area is 83.2 Å². The summed E-state index contributed by atoms with van der Waals surface area (Å²) in [6, 6.07) is 5.02. The Balaban J connectivity index is 2.94. The molecule has 1 amide bonds. The van der Waals surface area contributed by atoms with Gasteiger partial charge in [-0.05, 0) is 12.1 Å². The van der Waals surface area contributed by atoms with Crippen molar-refractivity contribution < 1.29 is 9.90 Å². The van der Waals surface area contributed by atoms with Crippen LogP contribution in [-0.4, -0.2) is 25.1 Å². The highest BCUT2D eigenvalue weighted by Gasteiger charge is 2.04. The lowest BCUT2D eigenvalue weighted by molar-refractivity contribution is -0.114. The van der Waals surface area contributed by atoms with Crippen LogP contribution in [-0.2, 0) is 4.79 Å². The summed E-state index contributed by atoms with van der Waals surface area (Å²) in [6.45, 7) is 1.43. The predicted octanol–water partition coefficient (Wildman–Crippen LogP) is 1.42. The van der Waals surface area contributed by atoms with Crippen molar-refractivity contribution in [3.63, 3.8) is 0 Å². The van der Waals surface area contributed by atoms with Gasteiger partial charge in [-0.15, -0.1) is 0 Å². The molecule has 76 valence electrons. The fourth-order valence-corrected chi connectivity index (χ4v) is 1.18. The first-order chi connectivity index (χ1) is 6.50. The molecule has 0 heterocycles. The molecule has 0 fully saturated rings. The topological polar surface area (TPSA) is 52.6 Å². The maximum atomic E-state index is 10.7. The molecule has 0 aliphatic rings. The zero-order valence-electron chi connectivity index (χ0n) is 8.53. The van der Waals surface area contributed by atoms with E-state index in [1.807, 2.05) is 14.1 Å². The van der Waals surface area contributed by atoms with E-state index in [2.05, 4.69) is 5.32 Å². The average Bonchev–Trinajstić information content (AvgIpc) is 2.01. The summed E-state index contributed by atoms with van der Waals surface area (Å²) in [7, 11) is 3.68. The van der Waals surface area contributed by atoms with Crippen molar-refractivity contribution in [3.05, 3.63) is 18.2 Å². The smallest absolute Gasteiger partial charge is 0.221 e. The molecule has 0 radical (unpaired) electrons. The fourth-order valence-electron chi connectivity index (χ4n) is 1.18. The Bertz CT molecular complexity index is 348. The third-order valence-corrected chi connectivity index (χ3v) is 1.78. The lowest BCUT2D eigenvalue weighted by Crippen LogP contribution is -2.10. The first kappa shape index (κ1) is 10.4. The number of hydrogen-bond donors (Lipinski definition) is 2. The quantitative estimate of drug-likeness (QED) is 0.748. The van der Waals surface area contributed by atoms with Crippen molar-refractivity contribution in [3.8, 4) is 5.75 Å². The van der Waals surface area contributed by atoms with Crippen LogP contribution in [0.25, 0.3) is 0 Å². The Morgan fingerprint density at radius 2 is 2.07 bits per heavy atom. The summed E-state index contributed by atoms with van der Waals surface area (Å²) >= 11 is 0. The van der Waals surface area contributed by atoms with E-state index in [4.69, 9.17) is 0 Å². The standard InChI is InChI=1S/C10H14N2O2/c1-7(13)11-8-4-5-9(12(2)3)10(14)6-8/h4-6,14H,1-3H3,(H,11,13).